The Morgan fingerprint density at radius 1 is 1.26 bits per heavy atom. The summed E-state index contributed by atoms with van der Waals surface area (Å²) in [5.41, 5.74) is 1.20. The van der Waals surface area contributed by atoms with Gasteiger partial charge < -0.3 is 5.32 Å². The van der Waals surface area contributed by atoms with E-state index in [-0.39, 0.29) is 11.4 Å². The van der Waals surface area contributed by atoms with E-state index in [1.54, 1.807) is 6.07 Å². The van der Waals surface area contributed by atoms with Crippen molar-refractivity contribution in [1.29, 1.82) is 0 Å². The zero-order valence-electron chi connectivity index (χ0n) is 12.4. The molecular weight excluding hydrogens is 305 g/mol. The summed E-state index contributed by atoms with van der Waals surface area (Å²) in [5.74, 6) is 0.390. The summed E-state index contributed by atoms with van der Waals surface area (Å²) in [5, 5.41) is 3.55. The fourth-order valence-corrected chi connectivity index (χ4v) is 2.71. The van der Waals surface area contributed by atoms with Crippen LogP contribution in [0.4, 0.5) is 4.39 Å². The standard InChI is InChI=1S/C16H25BrFN/c1-5-6-12(11-19-16(2,3)4)7-13-8-14(17)10-15(18)9-13/h8-10,12,19H,5-7,11H2,1-4H3. The average Bonchev–Trinajstić information content (AvgIpc) is 2.23. The fourth-order valence-electron chi connectivity index (χ4n) is 2.20. The van der Waals surface area contributed by atoms with Gasteiger partial charge in [0.05, 0.1) is 0 Å². The van der Waals surface area contributed by atoms with Gasteiger partial charge in [-0.25, -0.2) is 4.39 Å². The van der Waals surface area contributed by atoms with Gasteiger partial charge in [-0.15, -0.1) is 0 Å². The third kappa shape index (κ3) is 7.07. The summed E-state index contributed by atoms with van der Waals surface area (Å²) in [6.07, 6.45) is 3.25. The van der Waals surface area contributed by atoms with Crippen LogP contribution in [0.15, 0.2) is 22.7 Å². The maximum Gasteiger partial charge on any atom is 0.124 e. The highest BCUT2D eigenvalue weighted by atomic mass is 79.9. The molecule has 1 N–H and O–H groups in total. The molecule has 0 amide bonds. The van der Waals surface area contributed by atoms with Crippen molar-refractivity contribution in [3.8, 4) is 0 Å². The minimum Gasteiger partial charge on any atom is -0.312 e. The highest BCUT2D eigenvalue weighted by molar-refractivity contribution is 9.10. The number of nitrogens with one attached hydrogen (secondary N) is 1. The first kappa shape index (κ1) is 16.6. The van der Waals surface area contributed by atoms with Crippen LogP contribution in [-0.2, 0) is 6.42 Å². The third-order valence-electron chi connectivity index (χ3n) is 3.06. The first-order chi connectivity index (χ1) is 8.80. The van der Waals surface area contributed by atoms with E-state index in [1.165, 1.54) is 6.07 Å². The first-order valence-corrected chi connectivity index (χ1v) is 7.79. The number of rotatable bonds is 6. The molecule has 1 nitrogen and oxygen atoms in total. The van der Waals surface area contributed by atoms with Crippen molar-refractivity contribution < 1.29 is 4.39 Å². The molecule has 0 saturated carbocycles. The molecule has 0 aliphatic carbocycles. The quantitative estimate of drug-likeness (QED) is 0.779. The lowest BCUT2D eigenvalue weighted by Gasteiger charge is -2.25. The molecule has 1 unspecified atom stereocenters. The number of hydrogen-bond acceptors (Lipinski definition) is 1. The van der Waals surface area contributed by atoms with E-state index in [0.717, 1.165) is 35.8 Å². The summed E-state index contributed by atoms with van der Waals surface area (Å²) >= 11 is 3.36. The predicted octanol–water partition coefficient (Wildman–Crippen LogP) is 4.94. The molecule has 1 aromatic carbocycles. The van der Waals surface area contributed by atoms with Crippen LogP contribution < -0.4 is 5.32 Å². The van der Waals surface area contributed by atoms with Crippen molar-refractivity contribution >= 4 is 15.9 Å². The van der Waals surface area contributed by atoms with Crippen LogP contribution in [0, 0.1) is 11.7 Å². The Bertz CT molecular complexity index is 378. The minimum atomic E-state index is -0.164. The second-order valence-corrected chi connectivity index (χ2v) is 7.18. The van der Waals surface area contributed by atoms with Gasteiger partial charge >= 0.3 is 0 Å². The Morgan fingerprint density at radius 3 is 2.47 bits per heavy atom. The maximum absolute atomic E-state index is 13.4. The topological polar surface area (TPSA) is 12.0 Å². The molecule has 1 rings (SSSR count). The van der Waals surface area contributed by atoms with Crippen LogP contribution >= 0.6 is 15.9 Å². The van der Waals surface area contributed by atoms with Crippen molar-refractivity contribution in [2.75, 3.05) is 6.54 Å². The summed E-state index contributed by atoms with van der Waals surface area (Å²) in [6, 6.07) is 5.17. The molecule has 19 heavy (non-hydrogen) atoms. The van der Waals surface area contributed by atoms with Crippen LogP contribution in [0.3, 0.4) is 0 Å². The Kier molecular flexibility index (Phi) is 6.48. The first-order valence-electron chi connectivity index (χ1n) is 7.00. The fraction of sp³-hybridized carbons (Fsp3) is 0.625. The lowest BCUT2D eigenvalue weighted by atomic mass is 9.94. The molecule has 0 fully saturated rings. The SMILES string of the molecule is CCCC(CNC(C)(C)C)Cc1cc(F)cc(Br)c1. The molecule has 0 bridgehead atoms. The smallest absolute Gasteiger partial charge is 0.124 e. The molecule has 0 aromatic heterocycles. The van der Waals surface area contributed by atoms with E-state index >= 15 is 0 Å². The van der Waals surface area contributed by atoms with E-state index in [0.29, 0.717) is 5.92 Å². The van der Waals surface area contributed by atoms with Crippen molar-refractivity contribution in [3.05, 3.63) is 34.1 Å². The van der Waals surface area contributed by atoms with Gasteiger partial charge in [0.2, 0.25) is 0 Å². The van der Waals surface area contributed by atoms with Gasteiger partial charge in [0.1, 0.15) is 5.82 Å². The van der Waals surface area contributed by atoms with E-state index in [2.05, 4.69) is 48.9 Å². The molecule has 0 radical (unpaired) electrons. The molecule has 3 heteroatoms. The van der Waals surface area contributed by atoms with Gasteiger partial charge in [-0.05, 0) is 69.8 Å². The van der Waals surface area contributed by atoms with Gasteiger partial charge in [0.25, 0.3) is 0 Å². The van der Waals surface area contributed by atoms with Gasteiger partial charge in [0.15, 0.2) is 0 Å². The average molecular weight is 330 g/mol. The second-order valence-electron chi connectivity index (χ2n) is 6.27. The molecule has 1 atom stereocenters. The van der Waals surface area contributed by atoms with E-state index in [4.69, 9.17) is 0 Å². The third-order valence-corrected chi connectivity index (χ3v) is 3.52. The van der Waals surface area contributed by atoms with Gasteiger partial charge in [-0.2, -0.15) is 0 Å². The molecular formula is C16H25BrFN. The molecule has 1 aromatic rings. The maximum atomic E-state index is 13.4. The molecule has 0 aliphatic rings. The van der Waals surface area contributed by atoms with Crippen LogP contribution in [0.25, 0.3) is 0 Å². The van der Waals surface area contributed by atoms with Crippen LogP contribution in [0.1, 0.15) is 46.1 Å². The Morgan fingerprint density at radius 2 is 1.95 bits per heavy atom. The van der Waals surface area contributed by atoms with Gasteiger partial charge in [-0.1, -0.05) is 29.3 Å². The Hall–Kier alpha value is -0.410. The summed E-state index contributed by atoms with van der Waals surface area (Å²) in [6.45, 7) is 9.70. The van der Waals surface area contributed by atoms with Gasteiger partial charge in [-0.3, -0.25) is 0 Å². The van der Waals surface area contributed by atoms with Crippen LogP contribution in [0.5, 0.6) is 0 Å². The zero-order valence-corrected chi connectivity index (χ0v) is 14.0. The Labute approximate surface area is 125 Å². The summed E-state index contributed by atoms with van der Waals surface area (Å²) in [7, 11) is 0. The minimum absolute atomic E-state index is 0.133. The van der Waals surface area contributed by atoms with Crippen molar-refractivity contribution in [2.24, 2.45) is 5.92 Å². The van der Waals surface area contributed by atoms with E-state index in [1.807, 2.05) is 6.07 Å². The molecule has 108 valence electrons. The zero-order chi connectivity index (χ0) is 14.5. The lowest BCUT2D eigenvalue weighted by Crippen LogP contribution is -2.39. The lowest BCUT2D eigenvalue weighted by molar-refractivity contribution is 0.354. The van der Waals surface area contributed by atoms with Gasteiger partial charge in [0, 0.05) is 10.0 Å². The molecule has 0 spiro atoms. The second kappa shape index (κ2) is 7.39. The monoisotopic (exact) mass is 329 g/mol. The molecule has 0 aliphatic heterocycles. The normalized spacial score (nSPS) is 13.6. The van der Waals surface area contributed by atoms with Crippen LogP contribution in [-0.4, -0.2) is 12.1 Å². The van der Waals surface area contributed by atoms with Crippen LogP contribution in [0.2, 0.25) is 0 Å². The number of halogens is 2. The highest BCUT2D eigenvalue weighted by Crippen LogP contribution is 2.20. The van der Waals surface area contributed by atoms with Crippen molar-refractivity contribution in [2.45, 2.75) is 52.5 Å². The van der Waals surface area contributed by atoms with E-state index in [9.17, 15) is 4.39 Å². The number of benzene rings is 1. The number of hydrogen-bond donors (Lipinski definition) is 1. The molecule has 0 heterocycles. The largest absolute Gasteiger partial charge is 0.312 e. The summed E-state index contributed by atoms with van der Waals surface area (Å²) < 4.78 is 14.2. The van der Waals surface area contributed by atoms with E-state index < -0.39 is 0 Å². The Balaban J connectivity index is 2.66. The molecule has 0 saturated heterocycles. The van der Waals surface area contributed by atoms with Crippen molar-refractivity contribution in [1.82, 2.24) is 5.32 Å². The van der Waals surface area contributed by atoms with Crippen molar-refractivity contribution in [3.63, 3.8) is 0 Å². The predicted molar refractivity (Wildman–Crippen MR) is 84.0 cm³/mol. The highest BCUT2D eigenvalue weighted by Gasteiger charge is 2.14. The summed E-state index contributed by atoms with van der Waals surface area (Å²) in [4.78, 5) is 0.